The smallest absolute Gasteiger partial charge is 0.416 e. The van der Waals surface area contributed by atoms with Gasteiger partial charge in [0.25, 0.3) is 5.56 Å². The number of methoxy groups -OCH3 is 1. The lowest BCUT2D eigenvalue weighted by Crippen LogP contribution is -2.24. The van der Waals surface area contributed by atoms with Crippen molar-refractivity contribution in [1.82, 2.24) is 9.55 Å². The molecule has 1 aromatic heterocycles. The topological polar surface area (TPSA) is 61.2 Å². The molecule has 28 heavy (non-hydrogen) atoms. The molecule has 0 N–H and O–H groups in total. The maximum atomic E-state index is 13.1. The molecule has 0 saturated heterocycles. The van der Waals surface area contributed by atoms with Crippen molar-refractivity contribution in [3.05, 3.63) is 64.4 Å². The number of benzene rings is 2. The van der Waals surface area contributed by atoms with Gasteiger partial charge in [0.15, 0.2) is 5.16 Å². The molecule has 0 saturated carbocycles. The average Bonchev–Trinajstić information content (AvgIpc) is 2.67. The fourth-order valence-corrected chi connectivity index (χ4v) is 3.57. The number of carbonyl (C=O) groups is 1. The van der Waals surface area contributed by atoms with Crippen LogP contribution in [0.3, 0.4) is 0 Å². The van der Waals surface area contributed by atoms with Crippen molar-refractivity contribution in [3.8, 4) is 5.69 Å². The van der Waals surface area contributed by atoms with Crippen LogP contribution in [0, 0.1) is 0 Å². The minimum Gasteiger partial charge on any atom is -0.468 e. The highest BCUT2D eigenvalue weighted by molar-refractivity contribution is 8.00. The first-order valence-corrected chi connectivity index (χ1v) is 9.04. The van der Waals surface area contributed by atoms with E-state index >= 15 is 0 Å². The molecule has 1 heterocycles. The number of aromatic nitrogens is 2. The molecule has 1 atom stereocenters. The highest BCUT2D eigenvalue weighted by atomic mass is 32.2. The fraction of sp³-hybridized carbons (Fsp3) is 0.211. The molecule has 2 aromatic carbocycles. The molecule has 0 amide bonds. The van der Waals surface area contributed by atoms with Gasteiger partial charge in [0, 0.05) is 0 Å². The summed E-state index contributed by atoms with van der Waals surface area (Å²) < 4.78 is 45.2. The molecule has 0 aliphatic carbocycles. The van der Waals surface area contributed by atoms with Crippen molar-refractivity contribution < 1.29 is 22.7 Å². The number of fused-ring (bicyclic) bond motifs is 1. The van der Waals surface area contributed by atoms with Crippen molar-refractivity contribution in [2.75, 3.05) is 7.11 Å². The maximum Gasteiger partial charge on any atom is 0.416 e. The third kappa shape index (κ3) is 3.89. The second-order valence-corrected chi connectivity index (χ2v) is 7.19. The van der Waals surface area contributed by atoms with Gasteiger partial charge in [-0.2, -0.15) is 13.2 Å². The zero-order chi connectivity index (χ0) is 20.5. The number of thioether (sulfide) groups is 1. The predicted octanol–water partition coefficient (Wildman–Crippen LogP) is 4.06. The Balaban J connectivity index is 2.25. The Morgan fingerprint density at radius 2 is 1.89 bits per heavy atom. The Morgan fingerprint density at radius 3 is 2.57 bits per heavy atom. The molecule has 0 unspecified atom stereocenters. The van der Waals surface area contributed by atoms with E-state index in [9.17, 15) is 22.8 Å². The quantitative estimate of drug-likeness (QED) is 0.370. The van der Waals surface area contributed by atoms with E-state index in [-0.39, 0.29) is 16.2 Å². The first-order chi connectivity index (χ1) is 13.2. The summed E-state index contributed by atoms with van der Waals surface area (Å²) >= 11 is 0.936. The van der Waals surface area contributed by atoms with E-state index in [0.29, 0.717) is 5.52 Å². The van der Waals surface area contributed by atoms with Gasteiger partial charge in [0.05, 0.1) is 29.3 Å². The molecule has 0 bridgehead atoms. The van der Waals surface area contributed by atoms with Crippen LogP contribution in [0.25, 0.3) is 16.6 Å². The predicted molar refractivity (Wildman–Crippen MR) is 99.7 cm³/mol. The first kappa shape index (κ1) is 19.9. The summed E-state index contributed by atoms with van der Waals surface area (Å²) in [5, 5.41) is -0.356. The number of ether oxygens (including phenoxy) is 1. The summed E-state index contributed by atoms with van der Waals surface area (Å²) in [6.07, 6.45) is -4.56. The third-order valence-electron chi connectivity index (χ3n) is 3.99. The maximum absolute atomic E-state index is 13.1. The van der Waals surface area contributed by atoms with Gasteiger partial charge < -0.3 is 4.74 Å². The van der Waals surface area contributed by atoms with E-state index in [2.05, 4.69) is 9.72 Å². The second kappa shape index (κ2) is 7.67. The Morgan fingerprint density at radius 1 is 1.18 bits per heavy atom. The summed E-state index contributed by atoms with van der Waals surface area (Å²) in [5.74, 6) is -0.539. The summed E-state index contributed by atoms with van der Waals surface area (Å²) in [6, 6.07) is 10.9. The summed E-state index contributed by atoms with van der Waals surface area (Å²) in [5.41, 5.74) is -1.01. The number of nitrogens with zero attached hydrogens (tertiary/aromatic N) is 2. The number of carbonyl (C=O) groups excluding carboxylic acids is 1. The largest absolute Gasteiger partial charge is 0.468 e. The van der Waals surface area contributed by atoms with E-state index in [0.717, 1.165) is 28.5 Å². The Hall–Kier alpha value is -2.81. The van der Waals surface area contributed by atoms with E-state index in [1.54, 1.807) is 31.2 Å². The molecule has 5 nitrogen and oxygen atoms in total. The lowest BCUT2D eigenvalue weighted by molar-refractivity contribution is -0.139. The molecule has 0 aliphatic rings. The number of halogens is 3. The van der Waals surface area contributed by atoms with Gasteiger partial charge in [-0.3, -0.25) is 14.2 Å². The van der Waals surface area contributed by atoms with Crippen LogP contribution in [-0.4, -0.2) is 27.9 Å². The van der Waals surface area contributed by atoms with E-state index in [1.165, 1.54) is 19.2 Å². The molecular formula is C19H15F3N2O3S. The monoisotopic (exact) mass is 408 g/mol. The highest BCUT2D eigenvalue weighted by Gasteiger charge is 2.31. The van der Waals surface area contributed by atoms with Crippen LogP contribution < -0.4 is 5.56 Å². The van der Waals surface area contributed by atoms with E-state index in [4.69, 9.17) is 0 Å². The van der Waals surface area contributed by atoms with Gasteiger partial charge >= 0.3 is 12.1 Å². The van der Waals surface area contributed by atoms with Crippen LogP contribution >= 0.6 is 11.8 Å². The molecule has 3 aromatic rings. The molecule has 0 fully saturated rings. The highest BCUT2D eigenvalue weighted by Crippen LogP contribution is 2.31. The molecular weight excluding hydrogens is 393 g/mol. The van der Waals surface area contributed by atoms with Crippen molar-refractivity contribution >= 4 is 28.6 Å². The van der Waals surface area contributed by atoms with Crippen molar-refractivity contribution in [2.45, 2.75) is 23.5 Å². The zero-order valence-corrected chi connectivity index (χ0v) is 15.7. The number of hydrogen-bond donors (Lipinski definition) is 0. The van der Waals surface area contributed by atoms with Gasteiger partial charge in [-0.05, 0) is 37.3 Å². The second-order valence-electron chi connectivity index (χ2n) is 5.88. The standard InChI is InChI=1S/C19H15F3N2O3S/c1-11(17(26)27-2)28-18-23-15-9-4-3-8-14(15)16(25)24(18)13-7-5-6-12(10-13)19(20,21)22/h3-11H,1-2H3/t11-/m0/s1. The van der Waals surface area contributed by atoms with Crippen molar-refractivity contribution in [1.29, 1.82) is 0 Å². The number of para-hydroxylation sites is 1. The van der Waals surface area contributed by atoms with Crippen molar-refractivity contribution in [2.24, 2.45) is 0 Å². The lowest BCUT2D eigenvalue weighted by atomic mass is 10.2. The lowest BCUT2D eigenvalue weighted by Gasteiger charge is -2.16. The Labute approximate surface area is 162 Å². The number of rotatable bonds is 4. The zero-order valence-electron chi connectivity index (χ0n) is 14.9. The van der Waals surface area contributed by atoms with Crippen LogP contribution in [0.4, 0.5) is 13.2 Å². The Bertz CT molecular complexity index is 1100. The molecule has 0 radical (unpaired) electrons. The SMILES string of the molecule is COC(=O)[C@H](C)Sc1nc2ccccc2c(=O)n1-c1cccc(C(F)(F)F)c1. The van der Waals surface area contributed by atoms with Crippen LogP contribution in [0.5, 0.6) is 0 Å². The molecule has 0 aliphatic heterocycles. The van der Waals surface area contributed by atoms with Crippen LogP contribution in [0.2, 0.25) is 0 Å². The third-order valence-corrected chi connectivity index (χ3v) is 5.02. The fourth-order valence-electron chi connectivity index (χ4n) is 2.61. The van der Waals surface area contributed by atoms with Gasteiger partial charge in [0.1, 0.15) is 5.25 Å². The normalized spacial score (nSPS) is 12.8. The first-order valence-electron chi connectivity index (χ1n) is 8.16. The number of alkyl halides is 3. The average molecular weight is 408 g/mol. The Kier molecular flexibility index (Phi) is 5.46. The van der Waals surface area contributed by atoms with Crippen LogP contribution in [0.1, 0.15) is 12.5 Å². The number of hydrogen-bond acceptors (Lipinski definition) is 5. The summed E-state index contributed by atoms with van der Waals surface area (Å²) in [4.78, 5) is 29.2. The van der Waals surface area contributed by atoms with E-state index in [1.807, 2.05) is 0 Å². The van der Waals surface area contributed by atoms with Crippen LogP contribution in [-0.2, 0) is 15.7 Å². The van der Waals surface area contributed by atoms with Gasteiger partial charge in [0.2, 0.25) is 0 Å². The molecule has 0 spiro atoms. The van der Waals surface area contributed by atoms with Gasteiger partial charge in [-0.1, -0.05) is 30.0 Å². The van der Waals surface area contributed by atoms with Gasteiger partial charge in [-0.25, -0.2) is 4.98 Å². The van der Waals surface area contributed by atoms with Crippen LogP contribution in [0.15, 0.2) is 58.5 Å². The minimum absolute atomic E-state index is 0.0117. The summed E-state index contributed by atoms with van der Waals surface area (Å²) in [6.45, 7) is 1.56. The van der Waals surface area contributed by atoms with Gasteiger partial charge in [-0.15, -0.1) is 0 Å². The summed E-state index contributed by atoms with van der Waals surface area (Å²) in [7, 11) is 1.23. The molecule has 146 valence electrons. The number of esters is 1. The van der Waals surface area contributed by atoms with E-state index < -0.39 is 28.5 Å². The molecule has 3 rings (SSSR count). The van der Waals surface area contributed by atoms with Crippen molar-refractivity contribution in [3.63, 3.8) is 0 Å². The minimum atomic E-state index is -4.56. The molecule has 9 heteroatoms.